The number of fused-ring (bicyclic) bond motifs is 1. The predicted octanol–water partition coefficient (Wildman–Crippen LogP) is 4.65. The Morgan fingerprint density at radius 3 is 1.68 bits per heavy atom. The van der Waals surface area contributed by atoms with Gasteiger partial charge in [0.05, 0.1) is 39.2 Å². The molecular formula is C31H26O9. The van der Waals surface area contributed by atoms with Crippen LogP contribution in [0.3, 0.4) is 0 Å². The lowest BCUT2D eigenvalue weighted by Crippen LogP contribution is -2.10. The van der Waals surface area contributed by atoms with E-state index in [0.29, 0.717) is 61.0 Å². The van der Waals surface area contributed by atoms with E-state index in [1.165, 1.54) is 47.5 Å². The second-order valence-corrected chi connectivity index (χ2v) is 9.84. The minimum absolute atomic E-state index is 0.000711. The number of rotatable bonds is 6. The van der Waals surface area contributed by atoms with Crippen molar-refractivity contribution in [2.75, 3.05) is 28.4 Å². The molecule has 0 saturated carbocycles. The van der Waals surface area contributed by atoms with Gasteiger partial charge in [-0.25, -0.2) is 0 Å². The topological polar surface area (TPSA) is 129 Å². The van der Waals surface area contributed by atoms with Gasteiger partial charge in [0.25, 0.3) is 0 Å². The first kappa shape index (κ1) is 25.5. The molecule has 0 fully saturated rings. The van der Waals surface area contributed by atoms with E-state index in [0.717, 1.165) is 0 Å². The second-order valence-electron chi connectivity index (χ2n) is 9.84. The molecule has 9 nitrogen and oxygen atoms in total. The molecule has 0 atom stereocenters. The van der Waals surface area contributed by atoms with E-state index in [2.05, 4.69) is 0 Å². The highest BCUT2D eigenvalue weighted by molar-refractivity contribution is 6.41. The molecule has 6 rings (SSSR count). The van der Waals surface area contributed by atoms with Crippen LogP contribution < -0.4 is 29.8 Å². The number of phenols is 2. The minimum Gasteiger partial charge on any atom is -0.504 e. The Morgan fingerprint density at radius 2 is 1.23 bits per heavy atom. The van der Waals surface area contributed by atoms with Crippen molar-refractivity contribution in [3.05, 3.63) is 49.3 Å². The van der Waals surface area contributed by atoms with Gasteiger partial charge in [-0.3, -0.25) is 14.4 Å². The van der Waals surface area contributed by atoms with Crippen LogP contribution >= 0.6 is 0 Å². The van der Waals surface area contributed by atoms with Gasteiger partial charge in [-0.2, -0.15) is 0 Å². The summed E-state index contributed by atoms with van der Waals surface area (Å²) in [7, 11) is 5.58. The maximum atomic E-state index is 13.5. The Morgan fingerprint density at radius 1 is 0.725 bits per heavy atom. The summed E-state index contributed by atoms with van der Waals surface area (Å²) < 4.78 is 22.8. The molecule has 0 radical (unpaired) electrons. The van der Waals surface area contributed by atoms with E-state index >= 15 is 0 Å². The lowest BCUT2D eigenvalue weighted by molar-refractivity contribution is -0.111. The van der Waals surface area contributed by atoms with Crippen molar-refractivity contribution in [3.63, 3.8) is 0 Å². The average Bonchev–Trinajstić information content (AvgIpc) is 3.08. The molecule has 0 aromatic heterocycles. The van der Waals surface area contributed by atoms with Gasteiger partial charge in [-0.1, -0.05) is 12.5 Å². The molecule has 1 aliphatic rings. The summed E-state index contributed by atoms with van der Waals surface area (Å²) >= 11 is 0. The van der Waals surface area contributed by atoms with E-state index < -0.39 is 16.6 Å². The third kappa shape index (κ3) is 2.89. The average molecular weight is 543 g/mol. The number of Topliss-reactive ketones (excluding diaryl/α,β-unsaturated/α-hetero) is 1. The van der Waals surface area contributed by atoms with Crippen molar-refractivity contribution in [2.45, 2.75) is 26.7 Å². The van der Waals surface area contributed by atoms with Gasteiger partial charge in [0.1, 0.15) is 11.5 Å². The third-order valence-corrected chi connectivity index (χ3v) is 8.09. The van der Waals surface area contributed by atoms with E-state index in [1.54, 1.807) is 0 Å². The molecule has 1 aliphatic carbocycles. The summed E-state index contributed by atoms with van der Waals surface area (Å²) in [6.07, 6.45) is 0.648. The normalized spacial score (nSPS) is 13.2. The number of hydrogen-bond acceptors (Lipinski definition) is 9. The maximum absolute atomic E-state index is 13.5. The van der Waals surface area contributed by atoms with Gasteiger partial charge in [-0.15, -0.1) is 0 Å². The molecule has 0 heterocycles. The van der Waals surface area contributed by atoms with E-state index in [4.69, 9.17) is 18.9 Å². The van der Waals surface area contributed by atoms with Crippen LogP contribution in [0.2, 0.25) is 0 Å². The summed E-state index contributed by atoms with van der Waals surface area (Å²) in [5.41, 5.74) is 0.855. The van der Waals surface area contributed by atoms with E-state index in [-0.39, 0.29) is 51.7 Å². The Hall–Kier alpha value is -4.79. The molecule has 0 amide bonds. The minimum atomic E-state index is -0.520. The van der Waals surface area contributed by atoms with Gasteiger partial charge in [0.2, 0.25) is 0 Å². The summed E-state index contributed by atoms with van der Waals surface area (Å²) in [6.45, 7) is 3.33. The number of phenolic OH excluding ortho intramolecular Hbond substituents is 2. The second kappa shape index (κ2) is 8.61. The standard InChI is InChI=1S/C31H26O9/c1-7-12-8-13-19-24-20(28(35)30(13)39-5)14(33)9-16(37-3)22(24)23-17(38-4)10-15(34)21-26(23)25(19)27(18(12)11(2)32)31(40-6)29(21)36/h9-10,35-36H,7-8H2,1-6H3. The molecule has 0 spiro atoms. The Labute approximate surface area is 227 Å². The number of carbonyl (C=O) groups is 1. The molecule has 0 bridgehead atoms. The van der Waals surface area contributed by atoms with Crippen LogP contribution in [0.1, 0.15) is 31.4 Å². The van der Waals surface area contributed by atoms with Crippen LogP contribution in [0.5, 0.6) is 34.5 Å². The van der Waals surface area contributed by atoms with Crippen molar-refractivity contribution in [3.8, 4) is 34.5 Å². The smallest absolute Gasteiger partial charge is 0.194 e. The van der Waals surface area contributed by atoms with Crippen molar-refractivity contribution in [2.24, 2.45) is 0 Å². The Kier molecular flexibility index (Phi) is 5.48. The molecule has 2 N–H and O–H groups in total. The molecule has 0 saturated heterocycles. The molecule has 9 heteroatoms. The highest BCUT2D eigenvalue weighted by atomic mass is 16.5. The largest absolute Gasteiger partial charge is 0.504 e. The highest BCUT2D eigenvalue weighted by Crippen LogP contribution is 2.58. The number of ether oxygens (including phenoxy) is 4. The first-order valence-electron chi connectivity index (χ1n) is 12.7. The zero-order valence-corrected chi connectivity index (χ0v) is 22.8. The summed E-state index contributed by atoms with van der Waals surface area (Å²) in [5.74, 6) is -0.584. The van der Waals surface area contributed by atoms with Gasteiger partial charge >= 0.3 is 0 Å². The Balaban J connectivity index is 2.21. The van der Waals surface area contributed by atoms with E-state index in [1.807, 2.05) is 6.92 Å². The number of ketones is 1. The maximum Gasteiger partial charge on any atom is 0.194 e. The van der Waals surface area contributed by atoms with E-state index in [9.17, 15) is 24.6 Å². The van der Waals surface area contributed by atoms with Gasteiger partial charge in [0.15, 0.2) is 39.6 Å². The molecule has 0 aliphatic heterocycles. The van der Waals surface area contributed by atoms with Crippen molar-refractivity contribution < 1.29 is 34.0 Å². The van der Waals surface area contributed by atoms with Gasteiger partial charge in [-0.05, 0) is 25.2 Å². The molecule has 5 aromatic carbocycles. The lowest BCUT2D eigenvalue weighted by atomic mass is 9.82. The molecular weight excluding hydrogens is 516 g/mol. The molecule has 5 aromatic rings. The van der Waals surface area contributed by atoms with Crippen molar-refractivity contribution in [1.82, 2.24) is 0 Å². The van der Waals surface area contributed by atoms with Crippen molar-refractivity contribution in [1.29, 1.82) is 0 Å². The molecule has 0 unspecified atom stereocenters. The van der Waals surface area contributed by atoms with Crippen molar-refractivity contribution >= 4 is 54.4 Å². The van der Waals surface area contributed by atoms with Crippen LogP contribution in [0, 0.1) is 0 Å². The number of methoxy groups -OCH3 is 4. The zero-order chi connectivity index (χ0) is 28.8. The fraction of sp³-hybridized carbons (Fsp3) is 0.258. The first-order chi connectivity index (χ1) is 19.2. The lowest BCUT2D eigenvalue weighted by Gasteiger charge is -2.24. The molecule has 204 valence electrons. The molecule has 40 heavy (non-hydrogen) atoms. The van der Waals surface area contributed by atoms with Crippen LogP contribution in [0.25, 0.3) is 48.7 Å². The highest BCUT2D eigenvalue weighted by Gasteiger charge is 2.36. The number of carbonyl (C=O) groups excluding carboxylic acids is 1. The fourth-order valence-corrected chi connectivity index (χ4v) is 6.61. The fourth-order valence-electron chi connectivity index (χ4n) is 6.61. The number of aromatic hydroxyl groups is 2. The van der Waals surface area contributed by atoms with Crippen LogP contribution in [-0.4, -0.2) is 44.4 Å². The monoisotopic (exact) mass is 542 g/mol. The van der Waals surface area contributed by atoms with Gasteiger partial charge in [0, 0.05) is 55.8 Å². The van der Waals surface area contributed by atoms with Crippen LogP contribution in [0.15, 0.2) is 27.3 Å². The predicted molar refractivity (Wildman–Crippen MR) is 153 cm³/mol. The van der Waals surface area contributed by atoms with Crippen LogP contribution in [0.4, 0.5) is 0 Å². The quantitative estimate of drug-likeness (QED) is 0.233. The number of allylic oxidation sites excluding steroid dienone is 2. The van der Waals surface area contributed by atoms with Gasteiger partial charge < -0.3 is 29.2 Å². The number of hydrogen-bond donors (Lipinski definition) is 2. The van der Waals surface area contributed by atoms with Crippen LogP contribution in [-0.2, 0) is 11.2 Å². The summed E-state index contributed by atoms with van der Waals surface area (Å²) in [4.78, 5) is 40.4. The zero-order valence-electron chi connectivity index (χ0n) is 22.8. The summed E-state index contributed by atoms with van der Waals surface area (Å²) in [6, 6.07) is 2.52. The SMILES string of the molecule is CCC1=C(C(C)=O)c2c(OC)c(O)c3c(=O)cc(OC)c4c5c(OC)cc(=O)c6c(O)c(OC)c(c(c2c34)c65)C1. The Bertz CT molecular complexity index is 2090. The first-order valence-corrected chi connectivity index (χ1v) is 12.7. The number of benzene rings is 5. The third-order valence-electron chi connectivity index (χ3n) is 8.09. The summed E-state index contributed by atoms with van der Waals surface area (Å²) in [5, 5.41) is 25.4.